The van der Waals surface area contributed by atoms with Crippen molar-refractivity contribution in [1.82, 2.24) is 5.32 Å². The first-order valence-corrected chi connectivity index (χ1v) is 6.82. The van der Waals surface area contributed by atoms with Gasteiger partial charge in [-0.05, 0) is 23.3 Å². The zero-order valence-electron chi connectivity index (χ0n) is 11.8. The smallest absolute Gasteiger partial charge is 0.216 e. The quantitative estimate of drug-likeness (QED) is 0.671. The van der Waals surface area contributed by atoms with Crippen molar-refractivity contribution >= 4 is 16.7 Å². The number of carbonyl (C=O) groups excluding carboxylic acids is 1. The minimum absolute atomic E-state index is 0.0558. The first-order valence-electron chi connectivity index (χ1n) is 6.82. The number of amides is 1. The van der Waals surface area contributed by atoms with Crippen LogP contribution in [-0.2, 0) is 4.79 Å². The number of benzene rings is 2. The summed E-state index contributed by atoms with van der Waals surface area (Å²) in [7, 11) is 0. The second-order valence-corrected chi connectivity index (χ2v) is 5.00. The third kappa shape index (κ3) is 3.51. The van der Waals surface area contributed by atoms with Crippen molar-refractivity contribution < 1.29 is 20.1 Å². The summed E-state index contributed by atoms with van der Waals surface area (Å²) in [6.07, 6.45) is -2.10. The highest BCUT2D eigenvalue weighted by Crippen LogP contribution is 2.34. The number of aliphatic hydroxyl groups excluding tert-OH is 2. The number of aromatic hydroxyl groups is 1. The molecule has 0 aliphatic rings. The fourth-order valence-electron chi connectivity index (χ4n) is 2.34. The lowest BCUT2D eigenvalue weighted by molar-refractivity contribution is -0.119. The van der Waals surface area contributed by atoms with Gasteiger partial charge in [0.05, 0.1) is 6.10 Å². The predicted octanol–water partition coefficient (Wildman–Crippen LogP) is 1.47. The number of hydrogen-bond donors (Lipinski definition) is 4. The number of phenols is 1. The Morgan fingerprint density at radius 1 is 1.19 bits per heavy atom. The minimum atomic E-state index is -1.22. The van der Waals surface area contributed by atoms with Crippen molar-refractivity contribution in [2.45, 2.75) is 25.6 Å². The number of aliphatic hydroxyl groups is 2. The molecule has 0 bridgehead atoms. The molecule has 0 aliphatic heterocycles. The molecule has 2 unspecified atom stereocenters. The predicted molar refractivity (Wildman–Crippen MR) is 79.9 cm³/mol. The van der Waals surface area contributed by atoms with Gasteiger partial charge in [0.25, 0.3) is 0 Å². The summed E-state index contributed by atoms with van der Waals surface area (Å²) in [6.45, 7) is 1.65. The van der Waals surface area contributed by atoms with E-state index in [1.165, 1.54) is 13.0 Å². The number of phenolic OH excluding ortho intramolecular Hbond substituents is 1. The average Bonchev–Trinajstić information content (AvgIpc) is 2.46. The molecule has 0 aromatic heterocycles. The topological polar surface area (TPSA) is 89.8 Å². The summed E-state index contributed by atoms with van der Waals surface area (Å²) in [6, 6.07) is 10.6. The van der Waals surface area contributed by atoms with E-state index in [0.29, 0.717) is 10.9 Å². The minimum Gasteiger partial charge on any atom is -0.508 e. The monoisotopic (exact) mass is 289 g/mol. The van der Waals surface area contributed by atoms with Crippen molar-refractivity contribution in [2.24, 2.45) is 0 Å². The van der Waals surface area contributed by atoms with E-state index in [-0.39, 0.29) is 24.6 Å². The molecule has 0 saturated heterocycles. The van der Waals surface area contributed by atoms with E-state index < -0.39 is 12.2 Å². The summed E-state index contributed by atoms with van der Waals surface area (Å²) in [4.78, 5) is 10.8. The lowest BCUT2D eigenvalue weighted by atomic mass is 9.95. The molecule has 1 amide bonds. The third-order valence-electron chi connectivity index (χ3n) is 3.42. The van der Waals surface area contributed by atoms with E-state index in [9.17, 15) is 20.1 Å². The highest BCUT2D eigenvalue weighted by Gasteiger charge is 2.23. The summed E-state index contributed by atoms with van der Waals surface area (Å²) in [5, 5.41) is 34.5. The van der Waals surface area contributed by atoms with Crippen LogP contribution in [0.4, 0.5) is 0 Å². The molecule has 4 N–H and O–H groups in total. The molecule has 112 valence electrons. The van der Waals surface area contributed by atoms with Gasteiger partial charge in [-0.15, -0.1) is 0 Å². The maximum absolute atomic E-state index is 10.8. The second kappa shape index (κ2) is 6.56. The highest BCUT2D eigenvalue weighted by molar-refractivity contribution is 5.88. The first kappa shape index (κ1) is 15.3. The van der Waals surface area contributed by atoms with E-state index in [2.05, 4.69) is 5.32 Å². The van der Waals surface area contributed by atoms with Crippen LogP contribution in [0.25, 0.3) is 10.8 Å². The fraction of sp³-hybridized carbons (Fsp3) is 0.312. The Morgan fingerprint density at radius 2 is 1.90 bits per heavy atom. The first-order chi connectivity index (χ1) is 10.0. The number of carbonyl (C=O) groups is 1. The Balaban J connectivity index is 2.24. The summed E-state index contributed by atoms with van der Waals surface area (Å²) in [5.41, 5.74) is 0.309. The van der Waals surface area contributed by atoms with Crippen LogP contribution in [0.15, 0.2) is 36.4 Å². The largest absolute Gasteiger partial charge is 0.508 e. The highest BCUT2D eigenvalue weighted by atomic mass is 16.3. The van der Waals surface area contributed by atoms with Crippen LogP contribution in [0.5, 0.6) is 5.75 Å². The van der Waals surface area contributed by atoms with Gasteiger partial charge in [-0.25, -0.2) is 0 Å². The third-order valence-corrected chi connectivity index (χ3v) is 3.42. The van der Waals surface area contributed by atoms with Gasteiger partial charge < -0.3 is 20.6 Å². The summed E-state index contributed by atoms with van der Waals surface area (Å²) < 4.78 is 0. The van der Waals surface area contributed by atoms with Crippen molar-refractivity contribution in [1.29, 1.82) is 0 Å². The molecule has 0 fully saturated rings. The van der Waals surface area contributed by atoms with E-state index in [4.69, 9.17) is 0 Å². The van der Waals surface area contributed by atoms with E-state index in [1.807, 2.05) is 18.2 Å². The maximum atomic E-state index is 10.8. The lowest BCUT2D eigenvalue weighted by Gasteiger charge is -2.21. The molecule has 0 aliphatic carbocycles. The molecule has 21 heavy (non-hydrogen) atoms. The maximum Gasteiger partial charge on any atom is 0.216 e. The van der Waals surface area contributed by atoms with Gasteiger partial charge in [0.15, 0.2) is 0 Å². The van der Waals surface area contributed by atoms with E-state index in [1.54, 1.807) is 12.1 Å². The standard InChI is InChI=1S/C16H19NO4/c1-10(18)17-9-8-14(20)16(21)15-12-5-3-2-4-11(12)6-7-13(15)19/h2-7,14,16,19-21H,8-9H2,1H3,(H,17,18). The Labute approximate surface area is 122 Å². The van der Waals surface area contributed by atoms with Crippen molar-refractivity contribution in [3.63, 3.8) is 0 Å². The average molecular weight is 289 g/mol. The molecule has 2 aromatic carbocycles. The normalized spacial score (nSPS) is 13.9. The molecule has 0 heterocycles. The molecule has 2 rings (SSSR count). The van der Waals surface area contributed by atoms with Crippen LogP contribution in [0.1, 0.15) is 25.0 Å². The molecular weight excluding hydrogens is 270 g/mol. The summed E-state index contributed by atoms with van der Waals surface area (Å²) >= 11 is 0. The SMILES string of the molecule is CC(=O)NCCC(O)C(O)c1c(O)ccc2ccccc12. The zero-order chi connectivity index (χ0) is 15.4. The molecular formula is C16H19NO4. The van der Waals surface area contributed by atoms with Crippen LogP contribution in [0.3, 0.4) is 0 Å². The molecule has 0 radical (unpaired) electrons. The van der Waals surface area contributed by atoms with Gasteiger partial charge in [-0.1, -0.05) is 30.3 Å². The molecule has 0 saturated carbocycles. The Hall–Kier alpha value is -2.11. The van der Waals surface area contributed by atoms with Crippen molar-refractivity contribution in [2.75, 3.05) is 6.54 Å². The number of nitrogens with one attached hydrogen (secondary N) is 1. The van der Waals surface area contributed by atoms with Crippen molar-refractivity contribution in [3.8, 4) is 5.75 Å². The molecule has 5 heteroatoms. The van der Waals surface area contributed by atoms with Crippen LogP contribution in [0, 0.1) is 0 Å². The number of fused-ring (bicyclic) bond motifs is 1. The fourth-order valence-corrected chi connectivity index (χ4v) is 2.34. The van der Waals surface area contributed by atoms with E-state index in [0.717, 1.165) is 5.39 Å². The molecule has 2 aromatic rings. The van der Waals surface area contributed by atoms with Gasteiger partial charge in [0.2, 0.25) is 5.91 Å². The van der Waals surface area contributed by atoms with Gasteiger partial charge in [0.1, 0.15) is 11.9 Å². The molecule has 5 nitrogen and oxygen atoms in total. The number of hydrogen-bond acceptors (Lipinski definition) is 4. The number of rotatable bonds is 5. The van der Waals surface area contributed by atoms with Gasteiger partial charge in [-0.3, -0.25) is 4.79 Å². The van der Waals surface area contributed by atoms with Crippen LogP contribution < -0.4 is 5.32 Å². The Kier molecular flexibility index (Phi) is 4.77. The zero-order valence-corrected chi connectivity index (χ0v) is 11.8. The van der Waals surface area contributed by atoms with Gasteiger partial charge in [0, 0.05) is 19.0 Å². The van der Waals surface area contributed by atoms with Crippen LogP contribution >= 0.6 is 0 Å². The Morgan fingerprint density at radius 3 is 2.62 bits per heavy atom. The van der Waals surface area contributed by atoms with E-state index >= 15 is 0 Å². The van der Waals surface area contributed by atoms with Gasteiger partial charge in [-0.2, -0.15) is 0 Å². The summed E-state index contributed by atoms with van der Waals surface area (Å²) in [5.74, 6) is -0.246. The van der Waals surface area contributed by atoms with Gasteiger partial charge >= 0.3 is 0 Å². The molecule has 0 spiro atoms. The second-order valence-electron chi connectivity index (χ2n) is 5.00. The lowest BCUT2D eigenvalue weighted by Crippen LogP contribution is -2.27. The van der Waals surface area contributed by atoms with Crippen LogP contribution in [-0.4, -0.2) is 33.9 Å². The Bertz CT molecular complexity index is 641. The molecule has 2 atom stereocenters. The van der Waals surface area contributed by atoms with Crippen LogP contribution in [0.2, 0.25) is 0 Å². The van der Waals surface area contributed by atoms with Crippen molar-refractivity contribution in [3.05, 3.63) is 42.0 Å².